The maximum absolute atomic E-state index is 10.6. The van der Waals surface area contributed by atoms with Crippen LogP contribution >= 0.6 is 0 Å². The number of benzene rings is 1. The molecule has 0 bridgehead atoms. The molecule has 0 radical (unpaired) electrons. The van der Waals surface area contributed by atoms with Crippen molar-refractivity contribution < 1.29 is 14.6 Å². The lowest BCUT2D eigenvalue weighted by molar-refractivity contribution is -0.136. The van der Waals surface area contributed by atoms with Gasteiger partial charge in [-0.15, -0.1) is 0 Å². The van der Waals surface area contributed by atoms with Crippen LogP contribution in [0.2, 0.25) is 0 Å². The number of carboxylic acids is 1. The second-order valence-corrected chi connectivity index (χ2v) is 3.49. The zero-order valence-electron chi connectivity index (χ0n) is 9.14. The fraction of sp³-hybridized carbons (Fsp3) is 0.364. The van der Waals surface area contributed by atoms with Crippen molar-refractivity contribution in [3.8, 4) is 5.75 Å². The molecule has 0 unspecified atom stereocenters. The monoisotopic (exact) mass is 224 g/mol. The van der Waals surface area contributed by atoms with E-state index in [2.05, 4.69) is 0 Å². The van der Waals surface area contributed by atoms with E-state index < -0.39 is 5.97 Å². The molecule has 5 nitrogen and oxygen atoms in total. The number of carboxylic acid groups (broad SMARTS) is 1. The van der Waals surface area contributed by atoms with Gasteiger partial charge in [0.1, 0.15) is 5.75 Å². The number of carbonyl (C=O) groups is 1. The summed E-state index contributed by atoms with van der Waals surface area (Å²) in [6, 6.07) is 4.80. The number of aliphatic carboxylic acids is 1. The summed E-state index contributed by atoms with van der Waals surface area (Å²) in [6.45, 7) is 0.285. The molecular weight excluding hydrogens is 208 g/mol. The first-order chi connectivity index (χ1) is 7.58. The van der Waals surface area contributed by atoms with E-state index in [1.807, 2.05) is 0 Å². The van der Waals surface area contributed by atoms with Gasteiger partial charge in [0, 0.05) is 18.2 Å². The fourth-order valence-corrected chi connectivity index (χ4v) is 1.49. The third-order valence-electron chi connectivity index (χ3n) is 2.30. The minimum absolute atomic E-state index is 0.0334. The van der Waals surface area contributed by atoms with Gasteiger partial charge in [-0.2, -0.15) is 0 Å². The largest absolute Gasteiger partial charge is 0.496 e. The Kier molecular flexibility index (Phi) is 4.28. The lowest BCUT2D eigenvalue weighted by Gasteiger charge is -2.15. The van der Waals surface area contributed by atoms with Crippen LogP contribution in [0.3, 0.4) is 0 Å². The van der Waals surface area contributed by atoms with Gasteiger partial charge >= 0.3 is 5.97 Å². The van der Waals surface area contributed by atoms with E-state index in [4.69, 9.17) is 21.3 Å². The minimum Gasteiger partial charge on any atom is -0.496 e. The van der Waals surface area contributed by atoms with Gasteiger partial charge in [-0.3, -0.25) is 4.79 Å². The third-order valence-corrected chi connectivity index (χ3v) is 2.30. The molecule has 16 heavy (non-hydrogen) atoms. The average Bonchev–Trinajstić information content (AvgIpc) is 2.27. The maximum atomic E-state index is 10.6. The van der Waals surface area contributed by atoms with Crippen LogP contribution in [0, 0.1) is 0 Å². The predicted octanol–water partition coefficient (Wildman–Crippen LogP) is 0.281. The quantitative estimate of drug-likeness (QED) is 0.667. The molecule has 0 aliphatic carbocycles. The van der Waals surface area contributed by atoms with Crippen molar-refractivity contribution >= 4 is 5.97 Å². The van der Waals surface area contributed by atoms with Crippen LogP contribution in [0.25, 0.3) is 0 Å². The molecule has 88 valence electrons. The highest BCUT2D eigenvalue weighted by atomic mass is 16.5. The van der Waals surface area contributed by atoms with Gasteiger partial charge in [0.15, 0.2) is 0 Å². The molecule has 1 rings (SSSR count). The highest BCUT2D eigenvalue weighted by molar-refractivity contribution is 5.70. The predicted molar refractivity (Wildman–Crippen MR) is 60.3 cm³/mol. The Labute approximate surface area is 94.0 Å². The van der Waals surface area contributed by atoms with Crippen molar-refractivity contribution in [3.63, 3.8) is 0 Å². The molecule has 0 amide bonds. The van der Waals surface area contributed by atoms with Crippen molar-refractivity contribution in [2.24, 2.45) is 11.5 Å². The van der Waals surface area contributed by atoms with Gasteiger partial charge in [-0.1, -0.05) is 6.07 Å². The first-order valence-electron chi connectivity index (χ1n) is 4.92. The molecule has 1 aromatic carbocycles. The highest BCUT2D eigenvalue weighted by Gasteiger charge is 2.12. The zero-order valence-corrected chi connectivity index (χ0v) is 9.14. The second-order valence-electron chi connectivity index (χ2n) is 3.49. The molecule has 5 N–H and O–H groups in total. The minimum atomic E-state index is -0.877. The van der Waals surface area contributed by atoms with E-state index >= 15 is 0 Å². The van der Waals surface area contributed by atoms with Gasteiger partial charge in [0.05, 0.1) is 13.5 Å². The molecule has 0 aliphatic heterocycles. The summed E-state index contributed by atoms with van der Waals surface area (Å²) in [6.07, 6.45) is -0.0334. The molecule has 0 fully saturated rings. The van der Waals surface area contributed by atoms with E-state index in [0.717, 1.165) is 5.56 Å². The molecule has 5 heteroatoms. The zero-order chi connectivity index (χ0) is 12.1. The van der Waals surface area contributed by atoms with Crippen molar-refractivity contribution in [2.45, 2.75) is 12.5 Å². The Morgan fingerprint density at radius 3 is 2.75 bits per heavy atom. The Morgan fingerprint density at radius 1 is 1.56 bits per heavy atom. The third kappa shape index (κ3) is 2.95. The van der Waals surface area contributed by atoms with Crippen LogP contribution in [0.1, 0.15) is 17.2 Å². The molecule has 0 saturated heterocycles. The van der Waals surface area contributed by atoms with Crippen molar-refractivity contribution in [1.29, 1.82) is 0 Å². The van der Waals surface area contributed by atoms with Gasteiger partial charge in [0.2, 0.25) is 0 Å². The van der Waals surface area contributed by atoms with Crippen LogP contribution in [0.5, 0.6) is 5.75 Å². The molecule has 0 heterocycles. The second kappa shape index (κ2) is 5.48. The summed E-state index contributed by atoms with van der Waals surface area (Å²) < 4.78 is 5.15. The van der Waals surface area contributed by atoms with Crippen LogP contribution in [-0.2, 0) is 11.2 Å². The normalized spacial score (nSPS) is 12.2. The summed E-state index contributed by atoms with van der Waals surface area (Å²) in [4.78, 5) is 10.6. The number of hydrogen-bond donors (Lipinski definition) is 3. The molecule has 0 saturated carbocycles. The van der Waals surface area contributed by atoms with Crippen LogP contribution in [0.15, 0.2) is 18.2 Å². The summed E-state index contributed by atoms with van der Waals surface area (Å²) in [7, 11) is 1.54. The van der Waals surface area contributed by atoms with Gasteiger partial charge in [-0.05, 0) is 17.7 Å². The Hall–Kier alpha value is -1.59. The lowest BCUT2D eigenvalue weighted by Crippen LogP contribution is -2.21. The topological polar surface area (TPSA) is 98.6 Å². The van der Waals surface area contributed by atoms with Gasteiger partial charge in [0.25, 0.3) is 0 Å². The molecular formula is C11H16N2O3. The van der Waals surface area contributed by atoms with Crippen LogP contribution < -0.4 is 16.2 Å². The Balaban J connectivity index is 3.05. The SMILES string of the molecule is COc1ccc(CC(=O)O)cc1[C@@H](N)CN. The number of ether oxygens (including phenoxy) is 1. The number of methoxy groups -OCH3 is 1. The number of hydrogen-bond acceptors (Lipinski definition) is 4. The standard InChI is InChI=1S/C11H16N2O3/c1-16-10-3-2-7(5-11(14)15)4-8(10)9(13)6-12/h2-4,9H,5-6,12-13H2,1H3,(H,14,15)/t9-/m0/s1. The average molecular weight is 224 g/mol. The van der Waals surface area contributed by atoms with Crippen molar-refractivity contribution in [3.05, 3.63) is 29.3 Å². The lowest BCUT2D eigenvalue weighted by atomic mass is 10.0. The molecule has 0 spiro atoms. The van der Waals surface area contributed by atoms with Crippen molar-refractivity contribution in [2.75, 3.05) is 13.7 Å². The summed E-state index contributed by atoms with van der Waals surface area (Å²) >= 11 is 0. The van der Waals surface area contributed by atoms with E-state index in [-0.39, 0.29) is 19.0 Å². The fourth-order valence-electron chi connectivity index (χ4n) is 1.49. The Bertz CT molecular complexity index is 379. The van der Waals surface area contributed by atoms with Crippen molar-refractivity contribution in [1.82, 2.24) is 0 Å². The van der Waals surface area contributed by atoms with E-state index in [1.54, 1.807) is 25.3 Å². The Morgan fingerprint density at radius 2 is 2.25 bits per heavy atom. The summed E-state index contributed by atoms with van der Waals surface area (Å²) in [5.74, 6) is -0.246. The van der Waals surface area contributed by atoms with Gasteiger partial charge < -0.3 is 21.3 Å². The first-order valence-corrected chi connectivity index (χ1v) is 4.92. The van der Waals surface area contributed by atoms with E-state index in [0.29, 0.717) is 11.3 Å². The molecule has 0 aliphatic rings. The maximum Gasteiger partial charge on any atom is 0.307 e. The van der Waals surface area contributed by atoms with Gasteiger partial charge in [-0.25, -0.2) is 0 Å². The van der Waals surface area contributed by atoms with Crippen LogP contribution in [0.4, 0.5) is 0 Å². The summed E-state index contributed by atoms with van der Waals surface area (Å²) in [5.41, 5.74) is 12.7. The molecule has 0 aromatic heterocycles. The number of nitrogens with two attached hydrogens (primary N) is 2. The van der Waals surface area contributed by atoms with E-state index in [9.17, 15) is 4.79 Å². The smallest absolute Gasteiger partial charge is 0.307 e. The van der Waals surface area contributed by atoms with E-state index in [1.165, 1.54) is 0 Å². The molecule has 1 atom stereocenters. The highest BCUT2D eigenvalue weighted by Crippen LogP contribution is 2.24. The summed E-state index contributed by atoms with van der Waals surface area (Å²) in [5, 5.41) is 8.69. The number of rotatable bonds is 5. The first kappa shape index (κ1) is 12.5. The molecule has 1 aromatic rings. The van der Waals surface area contributed by atoms with Crippen LogP contribution in [-0.4, -0.2) is 24.7 Å².